The third-order valence-electron chi connectivity index (χ3n) is 1.67. The van der Waals surface area contributed by atoms with Gasteiger partial charge in [-0.15, -0.1) is 6.58 Å². The van der Waals surface area contributed by atoms with Gasteiger partial charge in [-0.05, 0) is 24.1 Å². The average molecular weight is 280 g/mol. The summed E-state index contributed by atoms with van der Waals surface area (Å²) < 4.78 is 0. The summed E-state index contributed by atoms with van der Waals surface area (Å²) in [5, 5.41) is 1.35. The van der Waals surface area contributed by atoms with E-state index in [0.717, 1.165) is 12.0 Å². The second-order valence-electron chi connectivity index (χ2n) is 2.66. The molecule has 0 heterocycles. The van der Waals surface area contributed by atoms with Crippen LogP contribution in [0, 0.1) is 0 Å². The van der Waals surface area contributed by atoms with Crippen molar-refractivity contribution in [1.82, 2.24) is 0 Å². The largest absolute Gasteiger partial charge is 0.103 e. The van der Waals surface area contributed by atoms with Gasteiger partial charge in [-0.1, -0.05) is 51.3 Å². The van der Waals surface area contributed by atoms with Crippen LogP contribution in [-0.4, -0.2) is 0 Å². The van der Waals surface area contributed by atoms with Crippen molar-refractivity contribution >= 4 is 39.1 Å². The van der Waals surface area contributed by atoms with E-state index in [-0.39, 0.29) is 4.83 Å². The van der Waals surface area contributed by atoms with Crippen molar-refractivity contribution in [3.05, 3.63) is 46.5 Å². The normalized spacial score (nSPS) is 12.5. The fraction of sp³-hybridized carbons (Fsp3) is 0.200. The van der Waals surface area contributed by atoms with Crippen LogP contribution >= 0.6 is 39.1 Å². The molecule has 0 aromatic heterocycles. The molecule has 3 heteroatoms. The standard InChI is InChI=1S/C10H9BrCl2/c1-2-3-9(11)8-5-4-7(12)6-10(8)13/h2,4-6,9H,1,3H2. The van der Waals surface area contributed by atoms with Gasteiger partial charge in [-0.3, -0.25) is 0 Å². The molecule has 0 bridgehead atoms. The fourth-order valence-corrected chi connectivity index (χ4v) is 2.36. The molecule has 1 unspecified atom stereocenters. The first-order chi connectivity index (χ1) is 6.15. The molecule has 0 aliphatic heterocycles. The Kier molecular flexibility index (Phi) is 4.30. The Morgan fingerprint density at radius 1 is 1.46 bits per heavy atom. The van der Waals surface area contributed by atoms with Crippen molar-refractivity contribution in [1.29, 1.82) is 0 Å². The fourth-order valence-electron chi connectivity index (χ4n) is 1.03. The van der Waals surface area contributed by atoms with Gasteiger partial charge in [0.15, 0.2) is 0 Å². The third-order valence-corrected chi connectivity index (χ3v) is 3.10. The van der Waals surface area contributed by atoms with Gasteiger partial charge in [0.05, 0.1) is 0 Å². The van der Waals surface area contributed by atoms with Gasteiger partial charge in [0.2, 0.25) is 0 Å². The highest BCUT2D eigenvalue weighted by Crippen LogP contribution is 2.33. The topological polar surface area (TPSA) is 0 Å². The molecule has 1 rings (SSSR count). The van der Waals surface area contributed by atoms with E-state index < -0.39 is 0 Å². The number of alkyl halides is 1. The minimum Gasteiger partial charge on any atom is -0.103 e. The molecule has 0 N–H and O–H groups in total. The van der Waals surface area contributed by atoms with E-state index in [1.165, 1.54) is 0 Å². The molecule has 0 radical (unpaired) electrons. The molecule has 1 aromatic carbocycles. The molecule has 0 saturated heterocycles. The summed E-state index contributed by atoms with van der Waals surface area (Å²) in [6, 6.07) is 5.50. The molecule has 0 amide bonds. The van der Waals surface area contributed by atoms with Crippen molar-refractivity contribution < 1.29 is 0 Å². The Hall–Kier alpha value is 0.0200. The Morgan fingerprint density at radius 3 is 2.69 bits per heavy atom. The van der Waals surface area contributed by atoms with Crippen LogP contribution in [0.3, 0.4) is 0 Å². The van der Waals surface area contributed by atoms with Crippen molar-refractivity contribution in [2.45, 2.75) is 11.2 Å². The first kappa shape index (κ1) is 11.1. The minimum absolute atomic E-state index is 0.217. The van der Waals surface area contributed by atoms with Gasteiger partial charge >= 0.3 is 0 Å². The predicted octanol–water partition coefficient (Wildman–Crippen LogP) is 5.01. The molecule has 0 saturated carbocycles. The number of hydrogen-bond acceptors (Lipinski definition) is 0. The van der Waals surface area contributed by atoms with Crippen molar-refractivity contribution in [3.8, 4) is 0 Å². The highest BCUT2D eigenvalue weighted by molar-refractivity contribution is 9.09. The lowest BCUT2D eigenvalue weighted by Crippen LogP contribution is -1.88. The van der Waals surface area contributed by atoms with E-state index in [9.17, 15) is 0 Å². The zero-order chi connectivity index (χ0) is 9.84. The van der Waals surface area contributed by atoms with Crippen molar-refractivity contribution in [2.75, 3.05) is 0 Å². The van der Waals surface area contributed by atoms with E-state index in [0.29, 0.717) is 10.0 Å². The molecular formula is C10H9BrCl2. The van der Waals surface area contributed by atoms with Crippen LogP contribution in [0.5, 0.6) is 0 Å². The summed E-state index contributed by atoms with van der Waals surface area (Å²) in [5.74, 6) is 0. The first-order valence-corrected chi connectivity index (χ1v) is 5.52. The number of allylic oxidation sites excluding steroid dienone is 1. The van der Waals surface area contributed by atoms with Crippen molar-refractivity contribution in [3.63, 3.8) is 0 Å². The number of hydrogen-bond donors (Lipinski definition) is 0. The molecule has 13 heavy (non-hydrogen) atoms. The second kappa shape index (κ2) is 5.04. The number of benzene rings is 1. The summed E-state index contributed by atoms with van der Waals surface area (Å²) in [5.41, 5.74) is 1.05. The Morgan fingerprint density at radius 2 is 2.15 bits per heavy atom. The summed E-state index contributed by atoms with van der Waals surface area (Å²) >= 11 is 15.3. The molecule has 1 atom stereocenters. The van der Waals surface area contributed by atoms with E-state index in [4.69, 9.17) is 23.2 Å². The van der Waals surface area contributed by atoms with Crippen LogP contribution in [0.1, 0.15) is 16.8 Å². The molecular weight excluding hydrogens is 271 g/mol. The third kappa shape index (κ3) is 3.01. The van der Waals surface area contributed by atoms with E-state index >= 15 is 0 Å². The van der Waals surface area contributed by atoms with Crippen molar-refractivity contribution in [2.24, 2.45) is 0 Å². The van der Waals surface area contributed by atoms with Crippen LogP contribution in [0.25, 0.3) is 0 Å². The number of rotatable bonds is 3. The summed E-state index contributed by atoms with van der Waals surface area (Å²) in [6.45, 7) is 3.67. The Labute approximate surface area is 96.7 Å². The summed E-state index contributed by atoms with van der Waals surface area (Å²) in [4.78, 5) is 0.217. The van der Waals surface area contributed by atoms with E-state index in [2.05, 4.69) is 22.5 Å². The Bertz CT molecular complexity index is 310. The molecule has 0 fully saturated rings. The summed E-state index contributed by atoms with van der Waals surface area (Å²) in [7, 11) is 0. The second-order valence-corrected chi connectivity index (χ2v) is 4.61. The SMILES string of the molecule is C=CCC(Br)c1ccc(Cl)cc1Cl. The maximum absolute atomic E-state index is 6.01. The molecule has 0 aliphatic carbocycles. The van der Waals surface area contributed by atoms with Gasteiger partial charge in [-0.25, -0.2) is 0 Å². The van der Waals surface area contributed by atoms with Crippen LogP contribution in [0.4, 0.5) is 0 Å². The van der Waals surface area contributed by atoms with E-state index in [1.807, 2.05) is 18.2 Å². The highest BCUT2D eigenvalue weighted by Gasteiger charge is 2.09. The van der Waals surface area contributed by atoms with Gasteiger partial charge in [0.25, 0.3) is 0 Å². The number of halogens is 3. The maximum atomic E-state index is 6.01. The molecule has 1 aromatic rings. The zero-order valence-corrected chi connectivity index (χ0v) is 10.0. The van der Waals surface area contributed by atoms with E-state index in [1.54, 1.807) is 6.07 Å². The van der Waals surface area contributed by atoms with Gasteiger partial charge in [0, 0.05) is 14.9 Å². The smallest absolute Gasteiger partial charge is 0.0464 e. The maximum Gasteiger partial charge on any atom is 0.0464 e. The highest BCUT2D eigenvalue weighted by atomic mass is 79.9. The molecule has 0 spiro atoms. The van der Waals surface area contributed by atoms with Crippen LogP contribution in [-0.2, 0) is 0 Å². The van der Waals surface area contributed by atoms with Crippen LogP contribution in [0.15, 0.2) is 30.9 Å². The molecule has 0 aliphatic rings. The van der Waals surface area contributed by atoms with Gasteiger partial charge in [0.1, 0.15) is 0 Å². The summed E-state index contributed by atoms with van der Waals surface area (Å²) in [6.07, 6.45) is 2.70. The van der Waals surface area contributed by atoms with Gasteiger partial charge in [-0.2, -0.15) is 0 Å². The lowest BCUT2D eigenvalue weighted by Gasteiger charge is -2.09. The zero-order valence-electron chi connectivity index (χ0n) is 6.93. The quantitative estimate of drug-likeness (QED) is 0.539. The minimum atomic E-state index is 0.217. The Balaban J connectivity index is 2.94. The monoisotopic (exact) mass is 278 g/mol. The lowest BCUT2D eigenvalue weighted by molar-refractivity contribution is 0.992. The average Bonchev–Trinajstić information content (AvgIpc) is 2.04. The van der Waals surface area contributed by atoms with Crippen LogP contribution in [0.2, 0.25) is 10.0 Å². The predicted molar refractivity (Wildman–Crippen MR) is 62.9 cm³/mol. The molecule has 70 valence electrons. The van der Waals surface area contributed by atoms with Crippen LogP contribution < -0.4 is 0 Å². The lowest BCUT2D eigenvalue weighted by atomic mass is 10.1. The van der Waals surface area contributed by atoms with Gasteiger partial charge < -0.3 is 0 Å². The first-order valence-electron chi connectivity index (χ1n) is 3.85. The molecule has 0 nitrogen and oxygen atoms in total.